The van der Waals surface area contributed by atoms with Crippen molar-refractivity contribution < 1.29 is 9.18 Å². The van der Waals surface area contributed by atoms with Gasteiger partial charge in [0.2, 0.25) is 5.91 Å². The van der Waals surface area contributed by atoms with Crippen LogP contribution in [0.5, 0.6) is 0 Å². The molecule has 2 rings (SSSR count). The Morgan fingerprint density at radius 1 is 1.53 bits per heavy atom. The van der Waals surface area contributed by atoms with Crippen molar-refractivity contribution in [2.45, 2.75) is 25.8 Å². The summed E-state index contributed by atoms with van der Waals surface area (Å²) in [5.74, 6) is -0.421. The lowest BCUT2D eigenvalue weighted by atomic mass is 9.92. The van der Waals surface area contributed by atoms with Crippen LogP contribution in [0.4, 0.5) is 10.1 Å². The Kier molecular flexibility index (Phi) is 4.04. The normalized spacial score (nSPS) is 23.4. The zero-order valence-corrected chi connectivity index (χ0v) is 11.1. The highest BCUT2D eigenvalue weighted by Crippen LogP contribution is 2.29. The molecule has 1 aliphatic rings. The van der Waals surface area contributed by atoms with Gasteiger partial charge in [0.05, 0.1) is 5.69 Å². The molecule has 2 atom stereocenters. The average molecular weight is 265 g/mol. The molecule has 104 valence electrons. The largest absolute Gasteiger partial charge is 0.366 e. The number of primary amides is 1. The molecule has 4 N–H and O–H groups in total. The van der Waals surface area contributed by atoms with Crippen LogP contribution in [0.1, 0.15) is 30.1 Å². The van der Waals surface area contributed by atoms with Crippen molar-refractivity contribution in [3.8, 4) is 0 Å². The van der Waals surface area contributed by atoms with Crippen molar-refractivity contribution in [1.29, 1.82) is 0 Å². The molecular weight excluding hydrogens is 245 g/mol. The Hall–Kier alpha value is -1.62. The fourth-order valence-corrected chi connectivity index (χ4v) is 2.69. The van der Waals surface area contributed by atoms with Crippen LogP contribution in [0.3, 0.4) is 0 Å². The number of halogens is 1. The van der Waals surface area contributed by atoms with Gasteiger partial charge in [0.1, 0.15) is 5.82 Å². The average Bonchev–Trinajstić information content (AvgIpc) is 2.38. The lowest BCUT2D eigenvalue weighted by Gasteiger charge is -2.39. The molecule has 19 heavy (non-hydrogen) atoms. The fourth-order valence-electron chi connectivity index (χ4n) is 2.69. The Morgan fingerprint density at radius 3 is 2.84 bits per heavy atom. The maximum absolute atomic E-state index is 14.1. The number of nitrogens with zero attached hydrogens (tertiary/aromatic N) is 1. The maximum atomic E-state index is 14.1. The van der Waals surface area contributed by atoms with Gasteiger partial charge in [0.25, 0.3) is 0 Å². The minimum absolute atomic E-state index is 0.151. The number of hydrogen-bond acceptors (Lipinski definition) is 3. The van der Waals surface area contributed by atoms with Crippen molar-refractivity contribution >= 4 is 11.6 Å². The summed E-state index contributed by atoms with van der Waals surface area (Å²) >= 11 is 0. The molecule has 4 nitrogen and oxygen atoms in total. The first-order valence-corrected chi connectivity index (χ1v) is 6.59. The second kappa shape index (κ2) is 5.57. The number of nitrogens with two attached hydrogens (primary N) is 2. The first-order chi connectivity index (χ1) is 9.02. The second-order valence-corrected chi connectivity index (χ2v) is 5.24. The number of carbonyl (C=O) groups is 1. The molecule has 1 heterocycles. The predicted octanol–water partition coefficient (Wildman–Crippen LogP) is 1.49. The summed E-state index contributed by atoms with van der Waals surface area (Å²) in [6, 6.07) is 4.53. The van der Waals surface area contributed by atoms with Crippen LogP contribution in [-0.2, 0) is 0 Å². The number of rotatable bonds is 3. The minimum Gasteiger partial charge on any atom is -0.366 e. The monoisotopic (exact) mass is 265 g/mol. The molecule has 5 heteroatoms. The van der Waals surface area contributed by atoms with Gasteiger partial charge >= 0.3 is 0 Å². The van der Waals surface area contributed by atoms with Crippen LogP contribution >= 0.6 is 0 Å². The van der Waals surface area contributed by atoms with E-state index in [1.165, 1.54) is 6.07 Å². The van der Waals surface area contributed by atoms with Crippen molar-refractivity contribution in [2.75, 3.05) is 18.0 Å². The van der Waals surface area contributed by atoms with E-state index in [0.717, 1.165) is 19.4 Å². The molecule has 1 aliphatic heterocycles. The van der Waals surface area contributed by atoms with Gasteiger partial charge in [-0.3, -0.25) is 4.79 Å². The van der Waals surface area contributed by atoms with Gasteiger partial charge in [-0.1, -0.05) is 6.92 Å². The Bertz CT molecular complexity index is 478. The van der Waals surface area contributed by atoms with E-state index >= 15 is 0 Å². The lowest BCUT2D eigenvalue weighted by molar-refractivity contribution is 0.1000. The van der Waals surface area contributed by atoms with Gasteiger partial charge in [0, 0.05) is 24.7 Å². The van der Waals surface area contributed by atoms with E-state index in [1.54, 1.807) is 12.1 Å². The highest BCUT2D eigenvalue weighted by Gasteiger charge is 2.27. The van der Waals surface area contributed by atoms with E-state index in [4.69, 9.17) is 11.5 Å². The van der Waals surface area contributed by atoms with Crippen LogP contribution in [0.25, 0.3) is 0 Å². The van der Waals surface area contributed by atoms with E-state index in [-0.39, 0.29) is 11.6 Å². The zero-order chi connectivity index (χ0) is 14.0. The number of hydrogen-bond donors (Lipinski definition) is 2. The van der Waals surface area contributed by atoms with E-state index < -0.39 is 11.7 Å². The summed E-state index contributed by atoms with van der Waals surface area (Å²) in [6.07, 6.45) is 1.99. The van der Waals surface area contributed by atoms with Gasteiger partial charge in [-0.05, 0) is 37.0 Å². The standard InChI is InChI=1S/C14H20FN3O/c1-9-4-5-18(11(6-9)8-16)13-3-2-10(14(17)19)7-12(13)15/h2-3,7,9,11H,4-6,8,16H2,1H3,(H2,17,19). The van der Waals surface area contributed by atoms with Gasteiger partial charge in [0.15, 0.2) is 0 Å². The minimum atomic E-state index is -0.618. The first kappa shape index (κ1) is 13.8. The highest BCUT2D eigenvalue weighted by atomic mass is 19.1. The van der Waals surface area contributed by atoms with Crippen LogP contribution in [0.15, 0.2) is 18.2 Å². The van der Waals surface area contributed by atoms with E-state index in [2.05, 4.69) is 6.92 Å². The molecule has 0 spiro atoms. The van der Waals surface area contributed by atoms with Crippen LogP contribution in [0.2, 0.25) is 0 Å². The fraction of sp³-hybridized carbons (Fsp3) is 0.500. The molecule has 1 fully saturated rings. The lowest BCUT2D eigenvalue weighted by Crippen LogP contribution is -2.46. The molecular formula is C14H20FN3O. The summed E-state index contributed by atoms with van der Waals surface area (Å²) in [6.45, 7) is 3.48. The number of benzene rings is 1. The number of amides is 1. The maximum Gasteiger partial charge on any atom is 0.248 e. The second-order valence-electron chi connectivity index (χ2n) is 5.24. The molecule has 1 amide bonds. The molecule has 0 aliphatic carbocycles. The molecule has 0 bridgehead atoms. The van der Waals surface area contributed by atoms with Gasteiger partial charge in [-0.25, -0.2) is 4.39 Å². The van der Waals surface area contributed by atoms with Crippen molar-refractivity contribution in [3.63, 3.8) is 0 Å². The number of anilines is 1. The van der Waals surface area contributed by atoms with Gasteiger partial charge in [-0.2, -0.15) is 0 Å². The summed E-state index contributed by atoms with van der Waals surface area (Å²) in [7, 11) is 0. The SMILES string of the molecule is CC1CCN(c2ccc(C(N)=O)cc2F)C(CN)C1. The van der Waals surface area contributed by atoms with Gasteiger partial charge in [-0.15, -0.1) is 0 Å². The number of carbonyl (C=O) groups excluding carboxylic acids is 1. The molecule has 0 aromatic heterocycles. The van der Waals surface area contributed by atoms with E-state index in [9.17, 15) is 9.18 Å². The Balaban J connectivity index is 2.28. The summed E-state index contributed by atoms with van der Waals surface area (Å²) in [4.78, 5) is 13.0. The van der Waals surface area contributed by atoms with Crippen molar-refractivity contribution in [2.24, 2.45) is 17.4 Å². The summed E-state index contributed by atoms with van der Waals surface area (Å²) in [5, 5.41) is 0. The Morgan fingerprint density at radius 2 is 2.26 bits per heavy atom. The predicted molar refractivity (Wildman–Crippen MR) is 73.5 cm³/mol. The third-order valence-corrected chi connectivity index (χ3v) is 3.79. The third-order valence-electron chi connectivity index (χ3n) is 3.79. The highest BCUT2D eigenvalue weighted by molar-refractivity contribution is 5.93. The molecule has 0 saturated carbocycles. The first-order valence-electron chi connectivity index (χ1n) is 6.59. The van der Waals surface area contributed by atoms with E-state index in [0.29, 0.717) is 18.2 Å². The van der Waals surface area contributed by atoms with Crippen LogP contribution < -0.4 is 16.4 Å². The van der Waals surface area contributed by atoms with Crippen LogP contribution in [-0.4, -0.2) is 25.0 Å². The van der Waals surface area contributed by atoms with Crippen LogP contribution in [0, 0.1) is 11.7 Å². The molecule has 0 radical (unpaired) electrons. The zero-order valence-electron chi connectivity index (χ0n) is 11.1. The van der Waals surface area contributed by atoms with E-state index in [1.807, 2.05) is 4.90 Å². The summed E-state index contributed by atoms with van der Waals surface area (Å²) < 4.78 is 14.1. The van der Waals surface area contributed by atoms with Crippen molar-refractivity contribution in [3.05, 3.63) is 29.6 Å². The Labute approximate surface area is 112 Å². The molecule has 1 aromatic carbocycles. The van der Waals surface area contributed by atoms with Crippen molar-refractivity contribution in [1.82, 2.24) is 0 Å². The molecule has 2 unspecified atom stereocenters. The quantitative estimate of drug-likeness (QED) is 0.869. The third kappa shape index (κ3) is 2.87. The summed E-state index contributed by atoms with van der Waals surface area (Å²) in [5.41, 5.74) is 11.6. The molecule has 1 saturated heterocycles. The molecule has 1 aromatic rings. The number of piperidine rings is 1. The van der Waals surface area contributed by atoms with Gasteiger partial charge < -0.3 is 16.4 Å². The smallest absolute Gasteiger partial charge is 0.248 e. The topological polar surface area (TPSA) is 72.3 Å².